The number of rotatable bonds is 8. The molecule has 57 heavy (non-hydrogen) atoms. The van der Waals surface area contributed by atoms with Gasteiger partial charge in [0, 0.05) is 16.8 Å². The molecule has 10 aromatic carbocycles. The summed E-state index contributed by atoms with van der Waals surface area (Å²) < 4.78 is 0. The Morgan fingerprint density at radius 1 is 0.228 bits per heavy atom. The number of hydrogen-bond acceptors (Lipinski definition) is 1. The highest BCUT2D eigenvalue weighted by Crippen LogP contribution is 2.44. The number of benzene rings is 10. The van der Waals surface area contributed by atoms with Crippen molar-refractivity contribution in [3.05, 3.63) is 237 Å². The first-order chi connectivity index (χ1) is 28.3. The van der Waals surface area contributed by atoms with Gasteiger partial charge in [-0.05, 0) is 102 Å². The molecule has 10 rings (SSSR count). The maximum absolute atomic E-state index is 2.41. The molecule has 0 aromatic heterocycles. The molecule has 1 nitrogen and oxygen atoms in total. The molecule has 1 heteroatoms. The van der Waals surface area contributed by atoms with E-state index in [0.717, 1.165) is 17.1 Å². The molecule has 0 aliphatic carbocycles. The fourth-order valence-corrected chi connectivity index (χ4v) is 8.42. The Balaban J connectivity index is 1.09. The van der Waals surface area contributed by atoms with Crippen LogP contribution in [-0.2, 0) is 0 Å². The monoisotopic (exact) mass is 725 g/mol. The van der Waals surface area contributed by atoms with E-state index >= 15 is 0 Å². The zero-order valence-electron chi connectivity index (χ0n) is 31.5. The fraction of sp³-hybridized carbons (Fsp3) is 0. The lowest BCUT2D eigenvalue weighted by Gasteiger charge is -2.27. The Kier molecular flexibility index (Phi) is 8.95. The number of nitrogens with zero attached hydrogens (tertiary/aromatic N) is 1. The van der Waals surface area contributed by atoms with Gasteiger partial charge >= 0.3 is 0 Å². The van der Waals surface area contributed by atoms with Crippen LogP contribution in [0.15, 0.2) is 237 Å². The maximum atomic E-state index is 2.41. The van der Waals surface area contributed by atoms with Crippen molar-refractivity contribution in [3.8, 4) is 55.6 Å². The largest absolute Gasteiger partial charge is 0.310 e. The van der Waals surface area contributed by atoms with Gasteiger partial charge in [0.2, 0.25) is 0 Å². The minimum absolute atomic E-state index is 1.10. The smallest absolute Gasteiger partial charge is 0.0540 e. The molecule has 0 atom stereocenters. The van der Waals surface area contributed by atoms with Crippen molar-refractivity contribution in [2.24, 2.45) is 0 Å². The third-order valence-electron chi connectivity index (χ3n) is 11.1. The molecule has 0 aliphatic rings. The van der Waals surface area contributed by atoms with Gasteiger partial charge in [0.05, 0.1) is 5.69 Å². The minimum atomic E-state index is 1.10. The molecule has 0 N–H and O–H groups in total. The van der Waals surface area contributed by atoms with Crippen molar-refractivity contribution in [3.63, 3.8) is 0 Å². The summed E-state index contributed by atoms with van der Waals surface area (Å²) in [5.74, 6) is 0. The first-order valence-corrected chi connectivity index (χ1v) is 19.6. The zero-order valence-corrected chi connectivity index (χ0v) is 31.5. The van der Waals surface area contributed by atoms with E-state index in [1.165, 1.54) is 77.2 Å². The summed E-state index contributed by atoms with van der Waals surface area (Å²) >= 11 is 0. The van der Waals surface area contributed by atoms with Gasteiger partial charge in [-0.1, -0.05) is 206 Å². The average molecular weight is 726 g/mol. The lowest BCUT2D eigenvalue weighted by molar-refractivity contribution is 1.30. The molecule has 0 heterocycles. The second-order valence-corrected chi connectivity index (χ2v) is 14.5. The van der Waals surface area contributed by atoms with Crippen LogP contribution in [0.3, 0.4) is 0 Å². The minimum Gasteiger partial charge on any atom is -0.310 e. The van der Waals surface area contributed by atoms with Gasteiger partial charge in [0.1, 0.15) is 0 Å². The predicted molar refractivity (Wildman–Crippen MR) is 243 cm³/mol. The van der Waals surface area contributed by atoms with E-state index in [2.05, 4.69) is 241 Å². The lowest BCUT2D eigenvalue weighted by Crippen LogP contribution is -2.10. The summed E-state index contributed by atoms with van der Waals surface area (Å²) in [6, 6.07) is 85.6. The number of anilines is 3. The Bertz CT molecular complexity index is 3000. The topological polar surface area (TPSA) is 3.24 Å². The summed E-state index contributed by atoms with van der Waals surface area (Å²) in [7, 11) is 0. The van der Waals surface area contributed by atoms with Crippen molar-refractivity contribution in [1.29, 1.82) is 0 Å². The van der Waals surface area contributed by atoms with Crippen LogP contribution < -0.4 is 4.90 Å². The van der Waals surface area contributed by atoms with Crippen LogP contribution in [0.25, 0.3) is 77.2 Å². The van der Waals surface area contributed by atoms with Crippen LogP contribution in [-0.4, -0.2) is 0 Å². The van der Waals surface area contributed by atoms with Crippen molar-refractivity contribution in [2.45, 2.75) is 0 Å². The summed E-state index contributed by atoms with van der Waals surface area (Å²) in [5, 5.41) is 4.91. The fourth-order valence-electron chi connectivity index (χ4n) is 8.42. The van der Waals surface area contributed by atoms with E-state index in [0.29, 0.717) is 0 Å². The third kappa shape index (κ3) is 6.46. The highest BCUT2D eigenvalue weighted by molar-refractivity contribution is 6.01. The maximum Gasteiger partial charge on any atom is 0.0540 e. The number of hydrogen-bond donors (Lipinski definition) is 0. The van der Waals surface area contributed by atoms with Gasteiger partial charge < -0.3 is 4.90 Å². The predicted octanol–water partition coefficient (Wildman–Crippen LogP) is 15.8. The van der Waals surface area contributed by atoms with Crippen molar-refractivity contribution >= 4 is 38.6 Å². The second-order valence-electron chi connectivity index (χ2n) is 14.5. The molecule has 0 bridgehead atoms. The normalized spacial score (nSPS) is 11.2. The molecule has 268 valence electrons. The molecular weight excluding hydrogens is 687 g/mol. The first kappa shape index (κ1) is 34.0. The molecule has 0 saturated carbocycles. The van der Waals surface area contributed by atoms with Crippen LogP contribution in [0.4, 0.5) is 17.1 Å². The van der Waals surface area contributed by atoms with E-state index in [4.69, 9.17) is 0 Å². The molecule has 0 aliphatic heterocycles. The summed E-state index contributed by atoms with van der Waals surface area (Å²) in [6.45, 7) is 0. The van der Waals surface area contributed by atoms with Crippen LogP contribution in [0.2, 0.25) is 0 Å². The summed E-state index contributed by atoms with van der Waals surface area (Å²) in [4.78, 5) is 2.41. The Morgan fingerprint density at radius 3 is 1.30 bits per heavy atom. The average Bonchev–Trinajstić information content (AvgIpc) is 3.30. The molecule has 0 amide bonds. The molecule has 0 spiro atoms. The third-order valence-corrected chi connectivity index (χ3v) is 11.1. The van der Waals surface area contributed by atoms with Gasteiger partial charge in [-0.15, -0.1) is 0 Å². The Morgan fingerprint density at radius 2 is 0.649 bits per heavy atom. The van der Waals surface area contributed by atoms with Gasteiger partial charge in [-0.25, -0.2) is 0 Å². The van der Waals surface area contributed by atoms with Crippen LogP contribution >= 0.6 is 0 Å². The molecule has 0 unspecified atom stereocenters. The van der Waals surface area contributed by atoms with E-state index in [9.17, 15) is 0 Å². The molecular formula is C56H39N. The van der Waals surface area contributed by atoms with E-state index in [1.807, 2.05) is 0 Å². The van der Waals surface area contributed by atoms with Gasteiger partial charge in [0.15, 0.2) is 0 Å². The summed E-state index contributed by atoms with van der Waals surface area (Å²) in [6.07, 6.45) is 0. The highest BCUT2D eigenvalue weighted by Gasteiger charge is 2.19. The van der Waals surface area contributed by atoms with Crippen molar-refractivity contribution in [1.82, 2.24) is 0 Å². The van der Waals surface area contributed by atoms with Crippen LogP contribution in [0, 0.1) is 0 Å². The summed E-state index contributed by atoms with van der Waals surface area (Å²) in [5.41, 5.74) is 15.4. The van der Waals surface area contributed by atoms with Gasteiger partial charge in [-0.2, -0.15) is 0 Å². The Labute approximate surface area is 334 Å². The van der Waals surface area contributed by atoms with Crippen LogP contribution in [0.5, 0.6) is 0 Å². The van der Waals surface area contributed by atoms with Crippen molar-refractivity contribution < 1.29 is 0 Å². The van der Waals surface area contributed by atoms with Gasteiger partial charge in [-0.3, -0.25) is 0 Å². The molecule has 10 aromatic rings. The highest BCUT2D eigenvalue weighted by atomic mass is 15.1. The van der Waals surface area contributed by atoms with E-state index in [1.54, 1.807) is 0 Å². The van der Waals surface area contributed by atoms with E-state index < -0.39 is 0 Å². The quantitative estimate of drug-likeness (QED) is 0.151. The molecule has 0 radical (unpaired) electrons. The second kappa shape index (κ2) is 15.0. The SMILES string of the molecule is c1ccc(-c2ccccc2-c2ccccc2-c2ccccc2-c2ccc(N(c3cccc(-c4cccc5ccccc45)c3)c3cccc4ccccc34)cc2)cc1. The van der Waals surface area contributed by atoms with Crippen molar-refractivity contribution in [2.75, 3.05) is 4.90 Å². The first-order valence-electron chi connectivity index (χ1n) is 19.6. The zero-order chi connectivity index (χ0) is 38.0. The standard InChI is InChI=1S/C56H39N/c1-2-17-40(18-3-1)48-26-8-10-29-52(48)54-31-12-13-32-55(54)53-30-11-9-27-49(53)43-35-37-45(38-36-43)57(56-34-16-22-42-20-5-7-28-51(42)56)46-24-14-23-44(39-46)50-33-15-21-41-19-4-6-25-47(41)50/h1-39H. The molecule has 0 fully saturated rings. The molecule has 0 saturated heterocycles. The number of fused-ring (bicyclic) bond motifs is 2. The lowest BCUT2D eigenvalue weighted by atomic mass is 9.87. The Hall–Kier alpha value is -7.48. The van der Waals surface area contributed by atoms with Crippen LogP contribution in [0.1, 0.15) is 0 Å². The van der Waals surface area contributed by atoms with Gasteiger partial charge in [0.25, 0.3) is 0 Å². The van der Waals surface area contributed by atoms with E-state index in [-0.39, 0.29) is 0 Å².